The third-order valence-electron chi connectivity index (χ3n) is 7.37. The minimum Gasteiger partial charge on any atom is -0.345 e. The molecule has 4 bridgehead atoms. The molecule has 1 aliphatic heterocycles. The number of aromatic nitrogens is 1. The highest BCUT2D eigenvalue weighted by Gasteiger charge is 2.30. The minimum absolute atomic E-state index is 0.178. The van der Waals surface area contributed by atoms with Gasteiger partial charge in [-0.15, -0.1) is 0 Å². The highest BCUT2D eigenvalue weighted by Crippen LogP contribution is 2.21. The molecule has 2 aromatic carbocycles. The summed E-state index contributed by atoms with van der Waals surface area (Å²) >= 11 is 0. The lowest BCUT2D eigenvalue weighted by molar-refractivity contribution is -0.140. The van der Waals surface area contributed by atoms with Gasteiger partial charge in [0.15, 0.2) is 0 Å². The number of carbonyl (C=O) groups excluding carboxylic acids is 5. The number of hydrogen-bond acceptors (Lipinski definition) is 6. The average Bonchev–Trinajstić information content (AvgIpc) is 3.03. The molecule has 3 aromatic rings. The highest BCUT2D eigenvalue weighted by molar-refractivity contribution is 6.38. The second-order valence-corrected chi connectivity index (χ2v) is 10.6. The summed E-state index contributed by atoms with van der Waals surface area (Å²) in [6, 6.07) is 17.8. The van der Waals surface area contributed by atoms with Gasteiger partial charge in [0.2, 0.25) is 23.5 Å². The fourth-order valence-electron chi connectivity index (χ4n) is 4.84. The fourth-order valence-corrected chi connectivity index (χ4v) is 4.84. The number of amides is 4. The smallest absolute Gasteiger partial charge is 0.289 e. The molecule has 4 amide bonds. The van der Waals surface area contributed by atoms with E-state index < -0.39 is 41.6 Å². The first kappa shape index (κ1) is 31.1. The maximum atomic E-state index is 13.5. The van der Waals surface area contributed by atoms with Crippen LogP contribution in [0.1, 0.15) is 49.8 Å². The van der Waals surface area contributed by atoms with E-state index in [4.69, 9.17) is 0 Å². The summed E-state index contributed by atoms with van der Waals surface area (Å²) in [5.74, 6) is -2.98. The van der Waals surface area contributed by atoms with Crippen LogP contribution in [0.2, 0.25) is 0 Å². The largest absolute Gasteiger partial charge is 0.345 e. The van der Waals surface area contributed by atoms with E-state index in [1.807, 2.05) is 66.7 Å². The Balaban J connectivity index is 1.50. The lowest BCUT2D eigenvalue weighted by atomic mass is 9.99. The van der Waals surface area contributed by atoms with Gasteiger partial charge in [-0.25, -0.2) is 0 Å². The Morgan fingerprint density at radius 3 is 2.47 bits per heavy atom. The molecule has 1 aromatic heterocycles. The van der Waals surface area contributed by atoms with Crippen molar-refractivity contribution in [2.24, 2.45) is 0 Å². The number of ketones is 1. The van der Waals surface area contributed by atoms with Gasteiger partial charge in [-0.1, -0.05) is 55.5 Å². The number of pyridine rings is 1. The van der Waals surface area contributed by atoms with Crippen molar-refractivity contribution in [1.82, 2.24) is 26.3 Å². The number of hydrogen-bond donors (Lipinski definition) is 4. The van der Waals surface area contributed by atoms with E-state index in [-0.39, 0.29) is 31.7 Å². The summed E-state index contributed by atoms with van der Waals surface area (Å²) in [4.78, 5) is 69.1. The molecule has 224 valence electrons. The van der Waals surface area contributed by atoms with Crippen LogP contribution in [0.5, 0.6) is 0 Å². The Morgan fingerprint density at radius 2 is 1.70 bits per heavy atom. The van der Waals surface area contributed by atoms with Crippen LogP contribution < -0.4 is 21.3 Å². The van der Waals surface area contributed by atoms with Crippen molar-refractivity contribution in [3.63, 3.8) is 0 Å². The van der Waals surface area contributed by atoms with Gasteiger partial charge < -0.3 is 21.3 Å². The number of Topliss-reactive ketones (excluding diaryl/α,β-unsaturated/α-hetero) is 1. The molecule has 2 heterocycles. The van der Waals surface area contributed by atoms with Crippen molar-refractivity contribution in [3.05, 3.63) is 89.6 Å². The second kappa shape index (κ2) is 14.9. The molecule has 0 fully saturated rings. The normalized spacial score (nSPS) is 18.0. The SMILES string of the molecule is CC[C@H](NC(=O)[C@@H]1CCc2cccc(c2)-c2cc(ccn2)CCC(=O)N[C@@H](C)C(=O)N1)C(=O)C(=O)NCc1ccccc1. The van der Waals surface area contributed by atoms with Crippen molar-refractivity contribution in [2.45, 2.75) is 70.6 Å². The summed E-state index contributed by atoms with van der Waals surface area (Å²) in [7, 11) is 0. The molecule has 0 spiro atoms. The van der Waals surface area contributed by atoms with Crippen LogP contribution in [0.4, 0.5) is 0 Å². The van der Waals surface area contributed by atoms with Crippen LogP contribution in [0.15, 0.2) is 72.9 Å². The molecule has 3 atom stereocenters. The van der Waals surface area contributed by atoms with Crippen LogP contribution in [-0.2, 0) is 43.4 Å². The van der Waals surface area contributed by atoms with Gasteiger partial charge in [0.05, 0.1) is 11.7 Å². The van der Waals surface area contributed by atoms with E-state index in [1.165, 1.54) is 0 Å². The van der Waals surface area contributed by atoms with Crippen molar-refractivity contribution < 1.29 is 24.0 Å². The van der Waals surface area contributed by atoms with Gasteiger partial charge >= 0.3 is 0 Å². The third kappa shape index (κ3) is 8.81. The molecule has 0 saturated carbocycles. The summed E-state index contributed by atoms with van der Waals surface area (Å²) in [6.45, 7) is 3.42. The molecular formula is C33H37N5O5. The Labute approximate surface area is 251 Å². The van der Waals surface area contributed by atoms with Crippen LogP contribution in [0.3, 0.4) is 0 Å². The third-order valence-corrected chi connectivity index (χ3v) is 7.37. The van der Waals surface area contributed by atoms with Gasteiger partial charge in [-0.2, -0.15) is 0 Å². The zero-order valence-electron chi connectivity index (χ0n) is 24.4. The minimum atomic E-state index is -1.07. The molecule has 0 unspecified atom stereocenters. The molecule has 4 N–H and O–H groups in total. The molecule has 4 rings (SSSR count). The van der Waals surface area contributed by atoms with Gasteiger partial charge in [0, 0.05) is 24.7 Å². The molecule has 1 aliphatic rings. The monoisotopic (exact) mass is 583 g/mol. The predicted molar refractivity (Wildman–Crippen MR) is 161 cm³/mol. The Morgan fingerprint density at radius 1 is 0.930 bits per heavy atom. The molecule has 10 heteroatoms. The van der Waals surface area contributed by atoms with Gasteiger partial charge in [0.1, 0.15) is 12.1 Å². The number of carbonyl (C=O) groups is 5. The summed E-state index contributed by atoms with van der Waals surface area (Å²) < 4.78 is 0. The molecule has 0 saturated heterocycles. The Kier molecular flexibility index (Phi) is 10.7. The standard InChI is InChI=1S/C33H37N5O5/c1-3-26(30(40)33(43)35-20-24-8-5-4-6-9-24)37-32(42)27-14-12-22-10-7-11-25(18-22)28-19-23(16-17-34-28)13-15-29(39)36-21(2)31(41)38-27/h4-11,16-19,21,26-27H,3,12-15,20H2,1-2H3,(H,35,43)(H,36,39)(H,37,42)(H,38,41)/t21-,26-,27-/m0/s1. The first-order valence-electron chi connectivity index (χ1n) is 14.5. The summed E-state index contributed by atoms with van der Waals surface area (Å²) in [5, 5.41) is 10.7. The lowest BCUT2D eigenvalue weighted by Gasteiger charge is -2.24. The van der Waals surface area contributed by atoms with Crippen LogP contribution in [-0.4, -0.2) is 52.5 Å². The molecule has 10 nitrogen and oxygen atoms in total. The van der Waals surface area contributed by atoms with E-state index in [2.05, 4.69) is 26.3 Å². The number of rotatable bonds is 7. The zero-order valence-corrected chi connectivity index (χ0v) is 24.4. The number of aryl methyl sites for hydroxylation is 2. The molecule has 0 radical (unpaired) electrons. The molecule has 0 aliphatic carbocycles. The average molecular weight is 584 g/mol. The van der Waals surface area contributed by atoms with Gasteiger partial charge in [0.25, 0.3) is 5.91 Å². The van der Waals surface area contributed by atoms with Gasteiger partial charge in [-0.3, -0.25) is 29.0 Å². The maximum absolute atomic E-state index is 13.5. The topological polar surface area (TPSA) is 146 Å². The summed E-state index contributed by atoms with van der Waals surface area (Å²) in [5.41, 5.74) is 4.41. The van der Waals surface area contributed by atoms with E-state index in [0.29, 0.717) is 12.8 Å². The maximum Gasteiger partial charge on any atom is 0.289 e. The first-order valence-corrected chi connectivity index (χ1v) is 14.5. The van der Waals surface area contributed by atoms with E-state index >= 15 is 0 Å². The zero-order chi connectivity index (χ0) is 30.8. The van der Waals surface area contributed by atoms with Crippen molar-refractivity contribution >= 4 is 29.4 Å². The Bertz CT molecular complexity index is 1480. The lowest BCUT2D eigenvalue weighted by Crippen LogP contribution is -2.56. The number of fused-ring (bicyclic) bond motifs is 5. The number of nitrogens with zero attached hydrogens (tertiary/aromatic N) is 1. The van der Waals surface area contributed by atoms with Crippen molar-refractivity contribution in [1.29, 1.82) is 0 Å². The number of nitrogens with one attached hydrogen (secondary N) is 4. The van der Waals surface area contributed by atoms with E-state index in [9.17, 15) is 24.0 Å². The highest BCUT2D eigenvalue weighted by atomic mass is 16.2. The Hall–Kier alpha value is -4.86. The second-order valence-electron chi connectivity index (χ2n) is 10.6. The molecular weight excluding hydrogens is 546 g/mol. The summed E-state index contributed by atoms with van der Waals surface area (Å²) in [6.07, 6.45) is 3.21. The van der Waals surface area contributed by atoms with Crippen molar-refractivity contribution in [3.8, 4) is 11.3 Å². The van der Waals surface area contributed by atoms with Crippen LogP contribution in [0.25, 0.3) is 11.3 Å². The first-order chi connectivity index (χ1) is 20.7. The fraction of sp³-hybridized carbons (Fsp3) is 0.333. The van der Waals surface area contributed by atoms with E-state index in [1.54, 1.807) is 20.0 Å². The van der Waals surface area contributed by atoms with Crippen LogP contribution in [0, 0.1) is 0 Å². The predicted octanol–water partition coefficient (Wildman–Crippen LogP) is 2.40. The molecule has 43 heavy (non-hydrogen) atoms. The van der Waals surface area contributed by atoms with Crippen molar-refractivity contribution in [2.75, 3.05) is 0 Å². The van der Waals surface area contributed by atoms with E-state index in [0.717, 1.165) is 27.9 Å². The number of benzene rings is 2. The van der Waals surface area contributed by atoms with Gasteiger partial charge in [-0.05, 0) is 67.5 Å². The quantitative estimate of drug-likeness (QED) is 0.314. The van der Waals surface area contributed by atoms with Crippen LogP contribution >= 0.6 is 0 Å².